The van der Waals surface area contributed by atoms with Crippen LogP contribution in [0.5, 0.6) is 0 Å². The van der Waals surface area contributed by atoms with Crippen molar-refractivity contribution in [3.63, 3.8) is 0 Å². The van der Waals surface area contributed by atoms with Crippen LogP contribution < -0.4 is 0 Å². The number of hydrogen-bond donors (Lipinski definition) is 0. The van der Waals surface area contributed by atoms with Gasteiger partial charge in [0.2, 0.25) is 0 Å². The number of rotatable bonds is 1. The van der Waals surface area contributed by atoms with Crippen LogP contribution in [0.2, 0.25) is 0 Å². The van der Waals surface area contributed by atoms with Crippen LogP contribution in [0, 0.1) is 0 Å². The highest BCUT2D eigenvalue weighted by atomic mass is 14.1. The van der Waals surface area contributed by atoms with Crippen LogP contribution in [-0.4, -0.2) is 0 Å². The molecule has 0 aliphatic heterocycles. The van der Waals surface area contributed by atoms with Crippen molar-refractivity contribution in [3.05, 3.63) is 23.3 Å². The summed E-state index contributed by atoms with van der Waals surface area (Å²) in [6.45, 7) is 0. The standard InChI is InChI=1S/C14H22/c1-3-7-13(8-4-1)11-12-14-9-5-2-6-10-14/h11-12H,1-10H2. The first-order valence-corrected chi connectivity index (χ1v) is 6.32. The smallest absolute Gasteiger partial charge is 0.0317 e. The molecule has 0 heteroatoms. The zero-order valence-corrected chi connectivity index (χ0v) is 9.23. The maximum absolute atomic E-state index is 2.43. The van der Waals surface area contributed by atoms with Gasteiger partial charge in [-0.2, -0.15) is 0 Å². The highest BCUT2D eigenvalue weighted by molar-refractivity contribution is 5.19. The molecule has 2 saturated carbocycles. The van der Waals surface area contributed by atoms with Gasteiger partial charge in [-0.15, -0.1) is 0 Å². The van der Waals surface area contributed by atoms with Gasteiger partial charge in [-0.1, -0.05) is 36.1 Å². The zero-order valence-electron chi connectivity index (χ0n) is 9.23. The van der Waals surface area contributed by atoms with Crippen LogP contribution >= 0.6 is 0 Å². The molecule has 0 amide bonds. The Labute approximate surface area is 88.1 Å². The summed E-state index contributed by atoms with van der Waals surface area (Å²) in [5.74, 6) is 0. The normalized spacial score (nSPS) is 23.4. The van der Waals surface area contributed by atoms with Crippen LogP contribution in [0.1, 0.15) is 64.2 Å². The molecule has 2 rings (SSSR count). The molecule has 0 nitrogen and oxygen atoms in total. The van der Waals surface area contributed by atoms with Crippen molar-refractivity contribution in [2.45, 2.75) is 64.2 Å². The second-order valence-electron chi connectivity index (χ2n) is 4.77. The van der Waals surface area contributed by atoms with E-state index in [2.05, 4.69) is 12.2 Å². The van der Waals surface area contributed by atoms with E-state index in [9.17, 15) is 0 Å². The van der Waals surface area contributed by atoms with Gasteiger partial charge in [0.1, 0.15) is 0 Å². The lowest BCUT2D eigenvalue weighted by Crippen LogP contribution is -1.95. The molecule has 0 spiro atoms. The van der Waals surface area contributed by atoms with Crippen molar-refractivity contribution in [2.24, 2.45) is 0 Å². The van der Waals surface area contributed by atoms with Gasteiger partial charge in [-0.05, 0) is 51.4 Å². The molecule has 2 aliphatic carbocycles. The second-order valence-corrected chi connectivity index (χ2v) is 4.77. The highest BCUT2D eigenvalue weighted by Gasteiger charge is 2.06. The van der Waals surface area contributed by atoms with Crippen molar-refractivity contribution in [2.75, 3.05) is 0 Å². The molecule has 0 N–H and O–H groups in total. The minimum absolute atomic E-state index is 1.36. The minimum atomic E-state index is 1.36. The fraction of sp³-hybridized carbons (Fsp3) is 0.714. The van der Waals surface area contributed by atoms with E-state index in [0.717, 1.165) is 0 Å². The summed E-state index contributed by atoms with van der Waals surface area (Å²) in [5, 5.41) is 0. The van der Waals surface area contributed by atoms with Gasteiger partial charge in [-0.3, -0.25) is 0 Å². The van der Waals surface area contributed by atoms with Crippen molar-refractivity contribution in [3.8, 4) is 0 Å². The van der Waals surface area contributed by atoms with Crippen molar-refractivity contribution in [1.82, 2.24) is 0 Å². The van der Waals surface area contributed by atoms with E-state index < -0.39 is 0 Å². The van der Waals surface area contributed by atoms with Gasteiger partial charge < -0.3 is 0 Å². The quantitative estimate of drug-likeness (QED) is 0.559. The van der Waals surface area contributed by atoms with E-state index in [-0.39, 0.29) is 0 Å². The molecular formula is C14H22. The second kappa shape index (κ2) is 5.38. The van der Waals surface area contributed by atoms with E-state index in [1.54, 1.807) is 11.1 Å². The van der Waals surface area contributed by atoms with E-state index in [1.165, 1.54) is 64.2 Å². The Bertz CT molecular complexity index is 190. The fourth-order valence-electron chi connectivity index (χ4n) is 2.58. The van der Waals surface area contributed by atoms with Crippen LogP contribution in [0.15, 0.2) is 23.3 Å². The Kier molecular flexibility index (Phi) is 3.85. The molecule has 0 bridgehead atoms. The topological polar surface area (TPSA) is 0 Å². The fourth-order valence-corrected chi connectivity index (χ4v) is 2.58. The lowest BCUT2D eigenvalue weighted by molar-refractivity contribution is 0.594. The Morgan fingerprint density at radius 3 is 1.21 bits per heavy atom. The van der Waals surface area contributed by atoms with Crippen LogP contribution in [0.3, 0.4) is 0 Å². The lowest BCUT2D eigenvalue weighted by atomic mass is 9.92. The molecular weight excluding hydrogens is 168 g/mol. The minimum Gasteiger partial charge on any atom is -0.0702 e. The maximum atomic E-state index is 2.43. The molecule has 0 aromatic heterocycles. The first-order valence-electron chi connectivity index (χ1n) is 6.32. The third-order valence-corrected chi connectivity index (χ3v) is 3.55. The molecule has 78 valence electrons. The lowest BCUT2D eigenvalue weighted by Gasteiger charge is -2.15. The Balaban J connectivity index is 1.88. The van der Waals surface area contributed by atoms with Gasteiger partial charge in [-0.25, -0.2) is 0 Å². The van der Waals surface area contributed by atoms with E-state index in [4.69, 9.17) is 0 Å². The highest BCUT2D eigenvalue weighted by Crippen LogP contribution is 2.25. The Morgan fingerprint density at radius 1 is 0.500 bits per heavy atom. The van der Waals surface area contributed by atoms with E-state index >= 15 is 0 Å². The molecule has 2 fully saturated rings. The van der Waals surface area contributed by atoms with Crippen LogP contribution in [-0.2, 0) is 0 Å². The molecule has 0 atom stereocenters. The predicted octanol–water partition coefficient (Wildman–Crippen LogP) is 4.77. The van der Waals surface area contributed by atoms with Gasteiger partial charge >= 0.3 is 0 Å². The average Bonchev–Trinajstić information content (AvgIpc) is 2.29. The predicted molar refractivity (Wildman–Crippen MR) is 62.3 cm³/mol. The van der Waals surface area contributed by atoms with Crippen molar-refractivity contribution >= 4 is 0 Å². The molecule has 14 heavy (non-hydrogen) atoms. The van der Waals surface area contributed by atoms with Crippen molar-refractivity contribution in [1.29, 1.82) is 0 Å². The molecule has 0 saturated heterocycles. The average molecular weight is 190 g/mol. The molecule has 2 aliphatic rings. The monoisotopic (exact) mass is 190 g/mol. The van der Waals surface area contributed by atoms with Crippen molar-refractivity contribution < 1.29 is 0 Å². The first kappa shape index (κ1) is 10.0. The van der Waals surface area contributed by atoms with Gasteiger partial charge in [0.25, 0.3) is 0 Å². The zero-order chi connectivity index (χ0) is 9.64. The summed E-state index contributed by atoms with van der Waals surface area (Å²) in [4.78, 5) is 0. The molecule has 0 unspecified atom stereocenters. The van der Waals surface area contributed by atoms with E-state index in [1.807, 2.05) is 0 Å². The molecule has 0 heterocycles. The number of hydrogen-bond acceptors (Lipinski definition) is 0. The van der Waals surface area contributed by atoms with Crippen LogP contribution in [0.4, 0.5) is 0 Å². The van der Waals surface area contributed by atoms with Gasteiger partial charge in [0.15, 0.2) is 0 Å². The molecule has 0 radical (unpaired) electrons. The summed E-state index contributed by atoms with van der Waals surface area (Å²) in [6.07, 6.45) is 18.9. The first-order chi connectivity index (χ1) is 6.95. The maximum Gasteiger partial charge on any atom is -0.0317 e. The number of allylic oxidation sites excluding steroid dienone is 4. The van der Waals surface area contributed by atoms with Gasteiger partial charge in [0.05, 0.1) is 0 Å². The largest absolute Gasteiger partial charge is 0.0702 e. The SMILES string of the molecule is C(C=C1CCCCC1)=C1CCCCC1. The molecule has 0 aromatic carbocycles. The summed E-state index contributed by atoms with van der Waals surface area (Å²) in [6, 6.07) is 0. The van der Waals surface area contributed by atoms with E-state index in [0.29, 0.717) is 0 Å². The summed E-state index contributed by atoms with van der Waals surface area (Å²) >= 11 is 0. The third kappa shape index (κ3) is 3.01. The Hall–Kier alpha value is -0.520. The van der Waals surface area contributed by atoms with Gasteiger partial charge in [0, 0.05) is 0 Å². The van der Waals surface area contributed by atoms with Crippen LogP contribution in [0.25, 0.3) is 0 Å². The summed E-state index contributed by atoms with van der Waals surface area (Å²) < 4.78 is 0. The third-order valence-electron chi connectivity index (χ3n) is 3.55. The Morgan fingerprint density at radius 2 is 0.857 bits per heavy atom. The summed E-state index contributed by atoms with van der Waals surface area (Å²) in [5.41, 5.74) is 3.41. The summed E-state index contributed by atoms with van der Waals surface area (Å²) in [7, 11) is 0. The molecule has 0 aromatic rings.